The molecule has 3 aromatic carbocycles. The Labute approximate surface area is 392 Å². The van der Waals surface area contributed by atoms with Crippen LogP contribution in [0.3, 0.4) is 0 Å². The predicted molar refractivity (Wildman–Crippen MR) is 258 cm³/mol. The van der Waals surface area contributed by atoms with Gasteiger partial charge in [0.05, 0.1) is 13.2 Å². The fourth-order valence-corrected chi connectivity index (χ4v) is 7.47. The first-order chi connectivity index (χ1) is 31.9. The number of amides is 2. The summed E-state index contributed by atoms with van der Waals surface area (Å²) < 4.78 is 16.8. The molecule has 0 bridgehead atoms. The Morgan fingerprint density at radius 3 is 1.67 bits per heavy atom. The summed E-state index contributed by atoms with van der Waals surface area (Å²) in [5, 5.41) is 7.08. The first-order valence-electron chi connectivity index (χ1n) is 23.7. The molecule has 0 heterocycles. The Hall–Kier alpha value is -5.02. The monoisotopic (exact) mass is 911 g/mol. The van der Waals surface area contributed by atoms with Crippen molar-refractivity contribution in [2.75, 3.05) is 13.2 Å². The number of esters is 1. The summed E-state index contributed by atoms with van der Waals surface area (Å²) >= 11 is 0. The van der Waals surface area contributed by atoms with E-state index < -0.39 is 18.5 Å². The topological polar surface area (TPSA) is 163 Å². The van der Waals surface area contributed by atoms with Gasteiger partial charge in [0.2, 0.25) is 0 Å². The van der Waals surface area contributed by atoms with Crippen molar-refractivity contribution >= 4 is 36.2 Å². The van der Waals surface area contributed by atoms with Crippen molar-refractivity contribution < 1.29 is 43.1 Å². The van der Waals surface area contributed by atoms with E-state index in [2.05, 4.69) is 71.8 Å². The number of hydrogen-bond donors (Lipinski definition) is 4. The normalized spacial score (nSPS) is 15.9. The quantitative estimate of drug-likeness (QED) is 0.0211. The summed E-state index contributed by atoms with van der Waals surface area (Å²) in [5.74, 6) is 0.364. The van der Waals surface area contributed by atoms with Gasteiger partial charge in [-0.1, -0.05) is 114 Å². The lowest BCUT2D eigenvalue weighted by atomic mass is 9.83. The maximum absolute atomic E-state index is 13.2. The molecule has 2 aliphatic carbocycles. The standard InChI is InChI=1S/C37H53N3O5.C16H21NO4/c1-27(2)26-43-28(3)45-40-35(41)21-20-29-10-9-11-32(22-29)24-38-23-30-16-18-31(19-17-30)25-39-36(33-12-5-4-6-13-33)37(42)44-34-14-7-8-15-34;1-12(2)11-20-13(3)21-17-16(19)8-7-14-5-4-6-15(9-14)10-18/h9-11,16-22,27-28,33-34,36,38-39H,4-8,12-15,23-26H2,1-3H3,(H,40,41);4-10,12-13H,11H2,1-3H3,(H,17,19)/b;8-7+/t28?,36-;/m0./s1. The third kappa shape index (κ3) is 22.0. The molecule has 2 amide bonds. The second kappa shape index (κ2) is 30.3. The molecule has 2 fully saturated rings. The van der Waals surface area contributed by atoms with Crippen molar-refractivity contribution in [1.29, 1.82) is 0 Å². The molecule has 0 aliphatic heterocycles. The van der Waals surface area contributed by atoms with Crippen molar-refractivity contribution in [2.24, 2.45) is 17.8 Å². The Kier molecular flexibility index (Phi) is 24.6. The number of carbonyl (C=O) groups is 4. The minimum absolute atomic E-state index is 0.0521. The third-order valence-electron chi connectivity index (χ3n) is 11.0. The highest BCUT2D eigenvalue weighted by atomic mass is 16.8. The second-order valence-corrected chi connectivity index (χ2v) is 18.0. The van der Waals surface area contributed by atoms with Crippen LogP contribution in [-0.4, -0.2) is 62.0 Å². The fraction of sp³-hybridized carbons (Fsp3) is 0.509. The Morgan fingerprint density at radius 1 is 0.606 bits per heavy atom. The number of nitrogens with one attached hydrogen (secondary N) is 4. The van der Waals surface area contributed by atoms with E-state index in [1.54, 1.807) is 50.3 Å². The molecule has 0 saturated heterocycles. The van der Waals surface area contributed by atoms with Crippen LogP contribution in [-0.2, 0) is 57.9 Å². The van der Waals surface area contributed by atoms with Crippen LogP contribution >= 0.6 is 0 Å². The highest BCUT2D eigenvalue weighted by Gasteiger charge is 2.32. The highest BCUT2D eigenvalue weighted by molar-refractivity contribution is 5.91. The van der Waals surface area contributed by atoms with Gasteiger partial charge in [-0.15, -0.1) is 0 Å². The summed E-state index contributed by atoms with van der Waals surface area (Å²) in [4.78, 5) is 57.8. The van der Waals surface area contributed by atoms with Gasteiger partial charge < -0.3 is 24.8 Å². The van der Waals surface area contributed by atoms with Crippen LogP contribution in [0.25, 0.3) is 12.2 Å². The van der Waals surface area contributed by atoms with Crippen LogP contribution in [0.4, 0.5) is 0 Å². The number of hydroxylamine groups is 2. The van der Waals surface area contributed by atoms with Gasteiger partial charge in [-0.25, -0.2) is 20.6 Å². The Balaban J connectivity index is 0.000000380. The molecule has 0 radical (unpaired) electrons. The fourth-order valence-electron chi connectivity index (χ4n) is 7.47. The van der Waals surface area contributed by atoms with Crippen molar-refractivity contribution in [3.05, 3.63) is 118 Å². The van der Waals surface area contributed by atoms with Gasteiger partial charge in [0.25, 0.3) is 11.8 Å². The number of carbonyl (C=O) groups excluding carboxylic acids is 4. The zero-order chi connectivity index (χ0) is 47.5. The third-order valence-corrected chi connectivity index (χ3v) is 11.0. The van der Waals surface area contributed by atoms with Gasteiger partial charge in [-0.3, -0.25) is 19.2 Å². The minimum atomic E-state index is -0.512. The largest absolute Gasteiger partial charge is 0.461 e. The lowest BCUT2D eigenvalue weighted by Crippen LogP contribution is -2.45. The molecular formula is C53H74N4O9. The molecule has 13 nitrogen and oxygen atoms in total. The van der Waals surface area contributed by atoms with Gasteiger partial charge in [0.15, 0.2) is 12.6 Å². The van der Waals surface area contributed by atoms with E-state index in [1.807, 2.05) is 26.0 Å². The summed E-state index contributed by atoms with van der Waals surface area (Å²) in [6.07, 6.45) is 16.2. The highest BCUT2D eigenvalue weighted by Crippen LogP contribution is 2.29. The lowest BCUT2D eigenvalue weighted by molar-refractivity contribution is -0.180. The number of rotatable bonds is 25. The van der Waals surface area contributed by atoms with Crippen LogP contribution in [0.15, 0.2) is 84.9 Å². The van der Waals surface area contributed by atoms with Crippen molar-refractivity contribution in [1.82, 2.24) is 21.6 Å². The zero-order valence-electron chi connectivity index (χ0n) is 39.9. The van der Waals surface area contributed by atoms with Gasteiger partial charge in [0, 0.05) is 37.3 Å². The van der Waals surface area contributed by atoms with E-state index in [9.17, 15) is 19.2 Å². The van der Waals surface area contributed by atoms with Gasteiger partial charge >= 0.3 is 5.97 Å². The molecule has 13 heteroatoms. The number of ether oxygens (including phenoxy) is 3. The maximum atomic E-state index is 13.2. The van der Waals surface area contributed by atoms with Gasteiger partial charge in [-0.2, -0.15) is 0 Å². The lowest BCUT2D eigenvalue weighted by Gasteiger charge is -2.30. The molecule has 2 saturated carbocycles. The minimum Gasteiger partial charge on any atom is -0.461 e. The summed E-state index contributed by atoms with van der Waals surface area (Å²) in [6, 6.07) is 23.3. The van der Waals surface area contributed by atoms with E-state index in [0.29, 0.717) is 49.6 Å². The number of aldehydes is 1. The van der Waals surface area contributed by atoms with Crippen LogP contribution < -0.4 is 21.6 Å². The van der Waals surface area contributed by atoms with Crippen LogP contribution in [0.5, 0.6) is 0 Å². The molecule has 3 aromatic rings. The van der Waals surface area contributed by atoms with Crippen molar-refractivity contribution in [3.63, 3.8) is 0 Å². The summed E-state index contributed by atoms with van der Waals surface area (Å²) in [6.45, 7) is 14.9. The molecular weight excluding hydrogens is 837 g/mol. The maximum Gasteiger partial charge on any atom is 0.323 e. The number of hydrogen-bond acceptors (Lipinski definition) is 11. The van der Waals surface area contributed by atoms with Gasteiger partial charge in [-0.05, 0) is 116 Å². The van der Waals surface area contributed by atoms with E-state index >= 15 is 0 Å². The predicted octanol–water partition coefficient (Wildman–Crippen LogP) is 9.16. The zero-order valence-corrected chi connectivity index (χ0v) is 39.9. The SMILES string of the molecule is CC(C)COC(C)ONC(=O)/C=C/c1cccc(C=O)c1.CC(C)COC(C)ONC(=O)C=Cc1cccc(CNCc2ccc(CN[C@H](C(=O)OC3CCCC3)C3CCCCC3)cc2)c1. The first-order valence-corrected chi connectivity index (χ1v) is 23.7. The van der Waals surface area contributed by atoms with Crippen molar-refractivity contribution in [2.45, 2.75) is 144 Å². The molecule has 66 heavy (non-hydrogen) atoms. The van der Waals surface area contributed by atoms with Gasteiger partial charge in [0.1, 0.15) is 18.4 Å². The molecule has 2 unspecified atom stereocenters. The second-order valence-electron chi connectivity index (χ2n) is 18.0. The summed E-state index contributed by atoms with van der Waals surface area (Å²) in [5.41, 5.74) is 10.4. The van der Waals surface area contributed by atoms with Crippen molar-refractivity contribution in [3.8, 4) is 0 Å². The van der Waals surface area contributed by atoms with E-state index in [0.717, 1.165) is 68.0 Å². The van der Waals surface area contributed by atoms with E-state index in [1.165, 1.54) is 42.5 Å². The van der Waals surface area contributed by atoms with Crippen LogP contribution in [0.1, 0.15) is 138 Å². The molecule has 5 rings (SSSR count). The average Bonchev–Trinajstić information content (AvgIpc) is 3.84. The summed E-state index contributed by atoms with van der Waals surface area (Å²) in [7, 11) is 0. The Bertz CT molecular complexity index is 1960. The van der Waals surface area contributed by atoms with Crippen LogP contribution in [0, 0.1) is 17.8 Å². The first kappa shape index (κ1) is 53.6. The Morgan fingerprint density at radius 2 is 1.11 bits per heavy atom. The molecule has 0 aromatic heterocycles. The van der Waals surface area contributed by atoms with E-state index in [-0.39, 0.29) is 24.0 Å². The smallest absolute Gasteiger partial charge is 0.323 e. The molecule has 2 aliphatic rings. The molecule has 3 atom stereocenters. The molecule has 360 valence electrons. The number of benzene rings is 3. The molecule has 0 spiro atoms. The van der Waals surface area contributed by atoms with Crippen LogP contribution in [0.2, 0.25) is 0 Å². The average molecular weight is 911 g/mol. The van der Waals surface area contributed by atoms with E-state index in [4.69, 9.17) is 23.9 Å². The molecule has 4 N–H and O–H groups in total.